The normalized spacial score (nSPS) is 19.7. The van der Waals surface area contributed by atoms with Crippen LogP contribution in [0.2, 0.25) is 0 Å². The van der Waals surface area contributed by atoms with Crippen molar-refractivity contribution < 1.29 is 18.6 Å². The first-order chi connectivity index (χ1) is 12.7. The Kier molecular flexibility index (Phi) is 4.74. The first-order valence-corrected chi connectivity index (χ1v) is 9.04. The summed E-state index contributed by atoms with van der Waals surface area (Å²) in [4.78, 5) is 7.15. The maximum Gasteiger partial charge on any atom is 0.231 e. The van der Waals surface area contributed by atoms with Gasteiger partial charge in [-0.2, -0.15) is 0 Å². The molecular formula is C19H25N3O4. The average molecular weight is 359 g/mol. The number of aryl methyl sites for hydroxylation is 1. The van der Waals surface area contributed by atoms with Crippen LogP contribution in [0.1, 0.15) is 24.3 Å². The van der Waals surface area contributed by atoms with Crippen molar-refractivity contribution in [3.05, 3.63) is 23.6 Å². The molecular weight excluding hydrogens is 334 g/mol. The standard InChI is InChI=1S/C19H25N3O4/c1-12-15(10-22-5-3-4-13(8-20)9-22)21-19(26-12)14-6-16(23-2)18-17(7-14)24-11-25-18/h6-7,13H,3-5,8-11,20H2,1-2H3/t13-/m1/s1. The minimum Gasteiger partial charge on any atom is -0.493 e. The van der Waals surface area contributed by atoms with Gasteiger partial charge in [-0.1, -0.05) is 0 Å². The summed E-state index contributed by atoms with van der Waals surface area (Å²) in [5, 5.41) is 0. The second kappa shape index (κ2) is 7.17. The summed E-state index contributed by atoms with van der Waals surface area (Å²) < 4.78 is 22.3. The molecule has 7 heteroatoms. The van der Waals surface area contributed by atoms with Crippen LogP contribution in [0.25, 0.3) is 11.5 Å². The molecule has 7 nitrogen and oxygen atoms in total. The lowest BCUT2D eigenvalue weighted by atomic mass is 9.98. The van der Waals surface area contributed by atoms with Crippen molar-refractivity contribution in [1.82, 2.24) is 9.88 Å². The molecule has 0 bridgehead atoms. The highest BCUT2D eigenvalue weighted by Crippen LogP contribution is 2.44. The monoisotopic (exact) mass is 359 g/mol. The van der Waals surface area contributed by atoms with Crippen molar-refractivity contribution in [2.24, 2.45) is 11.7 Å². The number of hydrogen-bond acceptors (Lipinski definition) is 7. The van der Waals surface area contributed by atoms with E-state index in [9.17, 15) is 0 Å². The second-order valence-corrected chi connectivity index (χ2v) is 6.91. The molecule has 1 atom stereocenters. The summed E-state index contributed by atoms with van der Waals surface area (Å²) >= 11 is 0. The topological polar surface area (TPSA) is 83.0 Å². The van der Waals surface area contributed by atoms with Crippen molar-refractivity contribution >= 4 is 0 Å². The van der Waals surface area contributed by atoms with Crippen LogP contribution in [-0.2, 0) is 6.54 Å². The lowest BCUT2D eigenvalue weighted by Gasteiger charge is -2.31. The molecule has 3 heterocycles. The summed E-state index contributed by atoms with van der Waals surface area (Å²) in [6, 6.07) is 3.75. The average Bonchev–Trinajstić information content (AvgIpc) is 3.28. The molecule has 1 saturated heterocycles. The molecule has 4 rings (SSSR count). The molecule has 0 spiro atoms. The molecule has 140 valence electrons. The summed E-state index contributed by atoms with van der Waals surface area (Å²) in [6.07, 6.45) is 2.40. The zero-order chi connectivity index (χ0) is 18.1. The van der Waals surface area contributed by atoms with E-state index >= 15 is 0 Å². The van der Waals surface area contributed by atoms with E-state index in [1.807, 2.05) is 19.1 Å². The maximum absolute atomic E-state index is 5.94. The number of methoxy groups -OCH3 is 1. The van der Waals surface area contributed by atoms with Gasteiger partial charge in [-0.25, -0.2) is 4.98 Å². The highest BCUT2D eigenvalue weighted by atomic mass is 16.7. The molecule has 0 unspecified atom stereocenters. The van der Waals surface area contributed by atoms with Gasteiger partial charge in [-0.05, 0) is 50.9 Å². The fraction of sp³-hybridized carbons (Fsp3) is 0.526. The molecule has 2 aliphatic rings. The molecule has 0 aliphatic carbocycles. The maximum atomic E-state index is 5.94. The van der Waals surface area contributed by atoms with Crippen LogP contribution in [0.5, 0.6) is 17.2 Å². The SMILES string of the molecule is COc1cc(-c2nc(CN3CCC[C@H](CN)C3)c(C)o2)cc2c1OCO2. The molecule has 1 aromatic heterocycles. The largest absolute Gasteiger partial charge is 0.493 e. The van der Waals surface area contributed by atoms with Gasteiger partial charge in [-0.15, -0.1) is 0 Å². The minimum atomic E-state index is 0.197. The first-order valence-electron chi connectivity index (χ1n) is 9.04. The van der Waals surface area contributed by atoms with Gasteiger partial charge in [0, 0.05) is 18.7 Å². The van der Waals surface area contributed by atoms with Gasteiger partial charge in [0.2, 0.25) is 18.4 Å². The Labute approximate surface area is 153 Å². The van der Waals surface area contributed by atoms with Crippen molar-refractivity contribution in [2.45, 2.75) is 26.3 Å². The van der Waals surface area contributed by atoms with E-state index in [2.05, 4.69) is 4.90 Å². The van der Waals surface area contributed by atoms with Gasteiger partial charge < -0.3 is 24.4 Å². The Morgan fingerprint density at radius 1 is 1.35 bits per heavy atom. The van der Waals surface area contributed by atoms with E-state index in [1.165, 1.54) is 12.8 Å². The number of ether oxygens (including phenoxy) is 3. The lowest BCUT2D eigenvalue weighted by molar-refractivity contribution is 0.169. The number of oxazole rings is 1. The molecule has 0 amide bonds. The molecule has 26 heavy (non-hydrogen) atoms. The molecule has 2 aliphatic heterocycles. The Morgan fingerprint density at radius 2 is 2.23 bits per heavy atom. The number of hydrogen-bond donors (Lipinski definition) is 1. The number of benzene rings is 1. The third-order valence-corrected chi connectivity index (χ3v) is 5.11. The second-order valence-electron chi connectivity index (χ2n) is 6.91. The highest BCUT2D eigenvalue weighted by Gasteiger charge is 2.24. The lowest BCUT2D eigenvalue weighted by Crippen LogP contribution is -2.38. The van der Waals surface area contributed by atoms with Gasteiger partial charge in [0.1, 0.15) is 5.76 Å². The van der Waals surface area contributed by atoms with Crippen LogP contribution in [0.3, 0.4) is 0 Å². The molecule has 1 fully saturated rings. The Morgan fingerprint density at radius 3 is 3.04 bits per heavy atom. The van der Waals surface area contributed by atoms with Crippen LogP contribution < -0.4 is 19.9 Å². The quantitative estimate of drug-likeness (QED) is 0.878. The number of nitrogens with two attached hydrogens (primary N) is 1. The number of piperidine rings is 1. The molecule has 1 aromatic carbocycles. The number of fused-ring (bicyclic) bond motifs is 1. The summed E-state index contributed by atoms with van der Waals surface area (Å²) in [5.41, 5.74) is 7.63. The van der Waals surface area contributed by atoms with Crippen LogP contribution in [0, 0.1) is 12.8 Å². The number of rotatable bonds is 5. The number of likely N-dealkylation sites (tertiary alicyclic amines) is 1. The van der Waals surface area contributed by atoms with E-state index in [4.69, 9.17) is 29.3 Å². The molecule has 2 N–H and O–H groups in total. The Hall–Kier alpha value is -2.25. The predicted molar refractivity (Wildman–Crippen MR) is 96.4 cm³/mol. The fourth-order valence-corrected chi connectivity index (χ4v) is 3.65. The van der Waals surface area contributed by atoms with Gasteiger partial charge in [0.25, 0.3) is 0 Å². The Balaban J connectivity index is 1.57. The van der Waals surface area contributed by atoms with Gasteiger partial charge >= 0.3 is 0 Å². The van der Waals surface area contributed by atoms with E-state index < -0.39 is 0 Å². The van der Waals surface area contributed by atoms with E-state index in [-0.39, 0.29) is 6.79 Å². The van der Waals surface area contributed by atoms with Crippen LogP contribution >= 0.6 is 0 Å². The fourth-order valence-electron chi connectivity index (χ4n) is 3.65. The molecule has 2 aromatic rings. The summed E-state index contributed by atoms with van der Waals surface area (Å²) in [5.74, 6) is 3.88. The van der Waals surface area contributed by atoms with Crippen molar-refractivity contribution in [3.63, 3.8) is 0 Å². The van der Waals surface area contributed by atoms with E-state index in [0.717, 1.165) is 43.2 Å². The number of nitrogens with zero attached hydrogens (tertiary/aromatic N) is 2. The third kappa shape index (κ3) is 3.24. The van der Waals surface area contributed by atoms with Gasteiger partial charge in [0.05, 0.1) is 12.8 Å². The van der Waals surface area contributed by atoms with Crippen LogP contribution in [0.15, 0.2) is 16.5 Å². The zero-order valence-electron chi connectivity index (χ0n) is 15.3. The zero-order valence-corrected chi connectivity index (χ0v) is 15.3. The predicted octanol–water partition coefficient (Wildman–Crippen LogP) is 2.56. The minimum absolute atomic E-state index is 0.197. The molecule has 0 saturated carbocycles. The van der Waals surface area contributed by atoms with Crippen LogP contribution in [0.4, 0.5) is 0 Å². The molecule has 0 radical (unpaired) electrons. The number of aromatic nitrogens is 1. The van der Waals surface area contributed by atoms with Crippen molar-refractivity contribution in [2.75, 3.05) is 33.5 Å². The first kappa shape index (κ1) is 17.2. The van der Waals surface area contributed by atoms with Crippen molar-refractivity contribution in [1.29, 1.82) is 0 Å². The van der Waals surface area contributed by atoms with Gasteiger partial charge in [-0.3, -0.25) is 4.90 Å². The van der Waals surface area contributed by atoms with E-state index in [0.29, 0.717) is 29.1 Å². The van der Waals surface area contributed by atoms with Gasteiger partial charge in [0.15, 0.2) is 11.5 Å². The van der Waals surface area contributed by atoms with E-state index in [1.54, 1.807) is 7.11 Å². The third-order valence-electron chi connectivity index (χ3n) is 5.11. The highest BCUT2D eigenvalue weighted by molar-refractivity contribution is 5.66. The smallest absolute Gasteiger partial charge is 0.231 e. The van der Waals surface area contributed by atoms with Crippen molar-refractivity contribution in [3.8, 4) is 28.7 Å². The summed E-state index contributed by atoms with van der Waals surface area (Å²) in [6.45, 7) is 5.79. The summed E-state index contributed by atoms with van der Waals surface area (Å²) in [7, 11) is 1.61. The van der Waals surface area contributed by atoms with Crippen LogP contribution in [-0.4, -0.2) is 43.4 Å². The Bertz CT molecular complexity index is 789.